The van der Waals surface area contributed by atoms with Gasteiger partial charge in [-0.15, -0.1) is 24.0 Å². The van der Waals surface area contributed by atoms with E-state index in [0.717, 1.165) is 18.8 Å². The molecular formula is C16H27IN4. The molecule has 1 atom stereocenters. The number of guanidine groups is 1. The van der Waals surface area contributed by atoms with Gasteiger partial charge >= 0.3 is 0 Å². The third-order valence-electron chi connectivity index (χ3n) is 3.90. The molecule has 0 radical (unpaired) electrons. The Morgan fingerprint density at radius 2 is 2.24 bits per heavy atom. The molecule has 1 unspecified atom stereocenters. The molecule has 0 aliphatic carbocycles. The Labute approximate surface area is 145 Å². The van der Waals surface area contributed by atoms with E-state index in [1.165, 1.54) is 31.4 Å². The van der Waals surface area contributed by atoms with Crippen LogP contribution in [-0.4, -0.2) is 36.5 Å². The summed E-state index contributed by atoms with van der Waals surface area (Å²) in [7, 11) is 0. The van der Waals surface area contributed by atoms with Gasteiger partial charge in [-0.25, -0.2) is 0 Å². The van der Waals surface area contributed by atoms with Gasteiger partial charge in [-0.1, -0.05) is 18.6 Å². The van der Waals surface area contributed by atoms with Gasteiger partial charge in [0.25, 0.3) is 0 Å². The van der Waals surface area contributed by atoms with Crippen molar-refractivity contribution < 1.29 is 0 Å². The van der Waals surface area contributed by atoms with Gasteiger partial charge in [-0.2, -0.15) is 0 Å². The van der Waals surface area contributed by atoms with Crippen LogP contribution in [0.4, 0.5) is 5.69 Å². The number of nitrogens with zero attached hydrogens (tertiary/aromatic N) is 2. The van der Waals surface area contributed by atoms with Crippen LogP contribution in [0, 0.1) is 6.92 Å². The molecule has 0 saturated carbocycles. The summed E-state index contributed by atoms with van der Waals surface area (Å²) < 4.78 is 0. The number of hydrogen-bond acceptors (Lipinski definition) is 2. The Morgan fingerprint density at radius 1 is 1.43 bits per heavy atom. The van der Waals surface area contributed by atoms with Gasteiger partial charge in [-0.3, -0.25) is 9.89 Å². The standard InChI is InChI=1S/C16H26N4.HI/c1-13-6-5-8-15(12-13)19-16(17)18-9-11-20-10-4-3-7-14(20)2;/h5-6,8,12,14H,3-4,7,9-11H2,1-2H3,(H3,17,18,19);1H. The molecule has 118 valence electrons. The molecule has 1 fully saturated rings. The largest absolute Gasteiger partial charge is 0.370 e. The van der Waals surface area contributed by atoms with Gasteiger partial charge in [0.05, 0.1) is 6.54 Å². The predicted octanol–water partition coefficient (Wildman–Crippen LogP) is 3.21. The number of likely N-dealkylation sites (tertiary alicyclic amines) is 1. The van der Waals surface area contributed by atoms with Gasteiger partial charge < -0.3 is 11.1 Å². The van der Waals surface area contributed by atoms with Gasteiger partial charge in [0.1, 0.15) is 0 Å². The van der Waals surface area contributed by atoms with Crippen molar-refractivity contribution in [2.75, 3.05) is 25.0 Å². The zero-order chi connectivity index (χ0) is 14.4. The SMILES string of the molecule is Cc1cccc(NC(N)=NCCN2CCCCC2C)c1.I. The lowest BCUT2D eigenvalue weighted by Gasteiger charge is -2.32. The topological polar surface area (TPSA) is 53.6 Å². The quantitative estimate of drug-likeness (QED) is 0.462. The lowest BCUT2D eigenvalue weighted by atomic mass is 10.0. The molecule has 1 aromatic rings. The summed E-state index contributed by atoms with van der Waals surface area (Å²) in [5, 5.41) is 3.14. The van der Waals surface area contributed by atoms with Crippen LogP contribution in [0.15, 0.2) is 29.3 Å². The molecule has 1 heterocycles. The van der Waals surface area contributed by atoms with Gasteiger partial charge in [-0.05, 0) is 50.9 Å². The second kappa shape index (κ2) is 9.25. The molecule has 4 nitrogen and oxygen atoms in total. The van der Waals surface area contributed by atoms with E-state index in [1.54, 1.807) is 0 Å². The number of aliphatic imine (C=N–C) groups is 1. The minimum absolute atomic E-state index is 0. The molecule has 0 amide bonds. The van der Waals surface area contributed by atoms with Crippen LogP contribution in [0.1, 0.15) is 31.7 Å². The fourth-order valence-electron chi connectivity index (χ4n) is 2.70. The van der Waals surface area contributed by atoms with E-state index in [4.69, 9.17) is 5.73 Å². The number of piperidine rings is 1. The van der Waals surface area contributed by atoms with E-state index >= 15 is 0 Å². The fraction of sp³-hybridized carbons (Fsp3) is 0.562. The van der Waals surface area contributed by atoms with Crippen molar-refractivity contribution in [1.29, 1.82) is 0 Å². The van der Waals surface area contributed by atoms with Gasteiger partial charge in [0.2, 0.25) is 0 Å². The van der Waals surface area contributed by atoms with Crippen LogP contribution < -0.4 is 11.1 Å². The molecule has 1 aliphatic rings. The monoisotopic (exact) mass is 402 g/mol. The van der Waals surface area contributed by atoms with Crippen molar-refractivity contribution in [3.63, 3.8) is 0 Å². The van der Waals surface area contributed by atoms with Crippen molar-refractivity contribution >= 4 is 35.6 Å². The van der Waals surface area contributed by atoms with E-state index in [0.29, 0.717) is 12.0 Å². The molecule has 2 rings (SSSR count). The van der Waals surface area contributed by atoms with Crippen molar-refractivity contribution in [2.24, 2.45) is 10.7 Å². The maximum Gasteiger partial charge on any atom is 0.193 e. The van der Waals surface area contributed by atoms with Crippen LogP contribution >= 0.6 is 24.0 Å². The molecule has 0 spiro atoms. The maximum atomic E-state index is 5.93. The molecule has 1 saturated heterocycles. The number of benzene rings is 1. The first-order valence-electron chi connectivity index (χ1n) is 7.53. The second-order valence-electron chi connectivity index (χ2n) is 5.64. The van der Waals surface area contributed by atoms with Crippen molar-refractivity contribution in [3.8, 4) is 0 Å². The molecule has 5 heteroatoms. The normalized spacial score (nSPS) is 19.9. The second-order valence-corrected chi connectivity index (χ2v) is 5.64. The molecule has 0 aromatic heterocycles. The highest BCUT2D eigenvalue weighted by Gasteiger charge is 2.16. The van der Waals surface area contributed by atoms with Crippen LogP contribution in [0.25, 0.3) is 0 Å². The average Bonchev–Trinajstić information content (AvgIpc) is 2.41. The summed E-state index contributed by atoms with van der Waals surface area (Å²) >= 11 is 0. The smallest absolute Gasteiger partial charge is 0.193 e. The Bertz CT molecular complexity index is 461. The van der Waals surface area contributed by atoms with Crippen LogP contribution in [0.2, 0.25) is 0 Å². The number of nitrogens with one attached hydrogen (secondary N) is 1. The van der Waals surface area contributed by atoms with Crippen molar-refractivity contribution in [2.45, 2.75) is 39.2 Å². The molecular weight excluding hydrogens is 375 g/mol. The number of aryl methyl sites for hydroxylation is 1. The Balaban J connectivity index is 0.00000220. The van der Waals surface area contributed by atoms with Crippen LogP contribution in [0.3, 0.4) is 0 Å². The van der Waals surface area contributed by atoms with Crippen molar-refractivity contribution in [1.82, 2.24) is 4.90 Å². The third kappa shape index (κ3) is 6.22. The minimum atomic E-state index is 0. The highest BCUT2D eigenvalue weighted by atomic mass is 127. The summed E-state index contributed by atoms with van der Waals surface area (Å²) in [4.78, 5) is 6.93. The van der Waals surface area contributed by atoms with Gasteiger partial charge in [0.15, 0.2) is 5.96 Å². The number of hydrogen-bond donors (Lipinski definition) is 2. The highest BCUT2D eigenvalue weighted by Crippen LogP contribution is 2.15. The fourth-order valence-corrected chi connectivity index (χ4v) is 2.70. The van der Waals surface area contributed by atoms with Crippen molar-refractivity contribution in [3.05, 3.63) is 29.8 Å². The Kier molecular flexibility index (Phi) is 8.03. The molecule has 0 bridgehead atoms. The summed E-state index contributed by atoms with van der Waals surface area (Å²) in [5.74, 6) is 0.500. The summed E-state index contributed by atoms with van der Waals surface area (Å²) in [6.07, 6.45) is 3.98. The number of rotatable bonds is 4. The zero-order valence-corrected chi connectivity index (χ0v) is 15.3. The number of nitrogens with two attached hydrogens (primary N) is 1. The lowest BCUT2D eigenvalue weighted by Crippen LogP contribution is -2.39. The highest BCUT2D eigenvalue weighted by molar-refractivity contribution is 14.0. The number of anilines is 1. The van der Waals surface area contributed by atoms with Crippen LogP contribution in [0.5, 0.6) is 0 Å². The molecule has 1 aromatic carbocycles. The van der Waals surface area contributed by atoms with E-state index in [9.17, 15) is 0 Å². The third-order valence-corrected chi connectivity index (χ3v) is 3.90. The maximum absolute atomic E-state index is 5.93. The number of halogens is 1. The molecule has 21 heavy (non-hydrogen) atoms. The van der Waals surface area contributed by atoms with Crippen LogP contribution in [-0.2, 0) is 0 Å². The summed E-state index contributed by atoms with van der Waals surface area (Å²) in [5.41, 5.74) is 8.14. The zero-order valence-electron chi connectivity index (χ0n) is 13.0. The lowest BCUT2D eigenvalue weighted by molar-refractivity contribution is 0.166. The van der Waals surface area contributed by atoms with E-state index in [1.807, 2.05) is 12.1 Å². The van der Waals surface area contributed by atoms with Gasteiger partial charge in [0, 0.05) is 18.3 Å². The van der Waals surface area contributed by atoms with E-state index in [2.05, 4.69) is 41.2 Å². The minimum Gasteiger partial charge on any atom is -0.370 e. The molecule has 1 aliphatic heterocycles. The first-order valence-corrected chi connectivity index (χ1v) is 7.53. The average molecular weight is 402 g/mol. The first-order chi connectivity index (χ1) is 9.65. The molecule has 3 N–H and O–H groups in total. The van der Waals surface area contributed by atoms with E-state index in [-0.39, 0.29) is 24.0 Å². The first kappa shape index (κ1) is 18.2. The Hall–Kier alpha value is -0.820. The summed E-state index contributed by atoms with van der Waals surface area (Å²) in [6, 6.07) is 8.83. The summed E-state index contributed by atoms with van der Waals surface area (Å²) in [6.45, 7) is 7.32. The predicted molar refractivity (Wildman–Crippen MR) is 102 cm³/mol. The van der Waals surface area contributed by atoms with E-state index < -0.39 is 0 Å². The Morgan fingerprint density at radius 3 is 2.95 bits per heavy atom.